The molecule has 0 saturated carbocycles. The van der Waals surface area contributed by atoms with Crippen molar-refractivity contribution in [3.8, 4) is 0 Å². The number of halogens is 2. The van der Waals surface area contributed by atoms with E-state index in [0.717, 1.165) is 12.3 Å². The fourth-order valence-corrected chi connectivity index (χ4v) is 5.55. The normalized spacial score (nSPS) is 15.2. The van der Waals surface area contributed by atoms with Gasteiger partial charge < -0.3 is 9.64 Å². The third kappa shape index (κ3) is 4.65. The molecule has 10 heteroatoms. The zero-order valence-electron chi connectivity index (χ0n) is 19.1. The highest BCUT2D eigenvalue weighted by atomic mass is 35.5. The van der Waals surface area contributed by atoms with E-state index >= 15 is 0 Å². The number of anilines is 1. The Kier molecular flexibility index (Phi) is 6.43. The van der Waals surface area contributed by atoms with Crippen LogP contribution in [-0.2, 0) is 29.9 Å². The van der Waals surface area contributed by atoms with Crippen LogP contribution >= 0.6 is 11.6 Å². The second kappa shape index (κ2) is 8.53. The lowest BCUT2D eigenvalue weighted by Crippen LogP contribution is -2.27. The summed E-state index contributed by atoms with van der Waals surface area (Å²) >= 11 is 6.64. The lowest BCUT2D eigenvalue weighted by Gasteiger charge is -2.27. The van der Waals surface area contributed by atoms with Crippen molar-refractivity contribution in [3.63, 3.8) is 0 Å². The first-order valence-electron chi connectivity index (χ1n) is 10.0. The number of fused-ring (bicyclic) bond motifs is 1. The highest BCUT2D eigenvalue weighted by molar-refractivity contribution is 8.00. The highest BCUT2D eigenvalue weighted by Gasteiger charge is 2.39. The molecule has 0 bridgehead atoms. The molecule has 33 heavy (non-hydrogen) atoms. The Morgan fingerprint density at radius 3 is 2.45 bits per heavy atom. The summed E-state index contributed by atoms with van der Waals surface area (Å²) in [7, 11) is -2.62. The number of ether oxygens (including phenoxy) is 1. The van der Waals surface area contributed by atoms with Crippen molar-refractivity contribution < 1.29 is 27.1 Å². The van der Waals surface area contributed by atoms with Crippen molar-refractivity contribution in [2.24, 2.45) is 5.41 Å². The number of carbonyl (C=O) groups excluding carboxylic acids is 2. The maximum atomic E-state index is 13.8. The molecule has 7 nitrogen and oxygen atoms in total. The first-order chi connectivity index (χ1) is 15.1. The van der Waals surface area contributed by atoms with Gasteiger partial charge in [-0.05, 0) is 44.9 Å². The van der Waals surface area contributed by atoms with Crippen LogP contribution in [0.25, 0.3) is 10.7 Å². The monoisotopic (exact) mass is 494 g/mol. The van der Waals surface area contributed by atoms with E-state index in [1.165, 1.54) is 24.9 Å². The van der Waals surface area contributed by atoms with Crippen LogP contribution in [0.2, 0.25) is 5.02 Å². The lowest BCUT2D eigenvalue weighted by atomic mass is 9.97. The number of hydrogen-bond acceptors (Lipinski definition) is 6. The summed E-state index contributed by atoms with van der Waals surface area (Å²) in [6.45, 7) is 7.93. The van der Waals surface area contributed by atoms with Crippen LogP contribution in [0.15, 0.2) is 24.4 Å². The zero-order valence-corrected chi connectivity index (χ0v) is 20.7. The number of aromatic nitrogens is 1. The Morgan fingerprint density at radius 2 is 1.88 bits per heavy atom. The fourth-order valence-electron chi connectivity index (χ4n) is 3.36. The van der Waals surface area contributed by atoms with Gasteiger partial charge >= 0.3 is 5.97 Å². The van der Waals surface area contributed by atoms with Crippen molar-refractivity contribution in [3.05, 3.63) is 57.6 Å². The molecule has 1 aromatic carbocycles. The van der Waals surface area contributed by atoms with Gasteiger partial charge in [-0.15, -0.1) is 0 Å². The summed E-state index contributed by atoms with van der Waals surface area (Å²) in [6, 6.07) is 4.16. The number of aryl methyl sites for hydroxylation is 1. The molecule has 3 rings (SSSR count). The molecule has 0 saturated heterocycles. The summed E-state index contributed by atoms with van der Waals surface area (Å²) < 4.78 is 46.2. The maximum Gasteiger partial charge on any atom is 0.316 e. The average molecular weight is 495 g/mol. The Labute approximate surface area is 197 Å². The quantitative estimate of drug-likeness (QED) is 0.583. The first kappa shape index (κ1) is 24.9. The molecule has 2 heterocycles. The lowest BCUT2D eigenvalue weighted by molar-refractivity contribution is -0.145. The molecule has 0 radical (unpaired) electrons. The van der Waals surface area contributed by atoms with Gasteiger partial charge in [-0.2, -0.15) is 0 Å². The minimum absolute atomic E-state index is 0.00106. The van der Waals surface area contributed by atoms with Crippen molar-refractivity contribution in [2.75, 3.05) is 11.9 Å². The highest BCUT2D eigenvalue weighted by Crippen LogP contribution is 2.45. The summed E-state index contributed by atoms with van der Waals surface area (Å²) in [4.78, 5) is 29.8. The molecule has 0 spiro atoms. The van der Waals surface area contributed by atoms with Gasteiger partial charge in [-0.1, -0.05) is 23.7 Å². The Bertz CT molecular complexity index is 1310. The molecule has 1 aliphatic rings. The molecule has 0 atom stereocenters. The number of pyridine rings is 1. The number of carbonyl (C=O) groups is 2. The molecule has 2 aromatic rings. The standard InChI is InChI=1S/C23H24ClFN2O5S/c1-12-7-8-16(17(24)19(12)27(6)13(2)28)21-20(32-22(29)23(3,4)5)18-14(11-33(21,30)31)9-15(25)10-26-18/h7-10H,11H2,1-6H3. The van der Waals surface area contributed by atoms with E-state index in [4.69, 9.17) is 16.3 Å². The molecule has 176 valence electrons. The van der Waals surface area contributed by atoms with Crippen LogP contribution in [0.3, 0.4) is 0 Å². The Balaban J connectivity index is 2.41. The summed E-state index contributed by atoms with van der Waals surface area (Å²) in [5, 5.41) is 0.00106. The van der Waals surface area contributed by atoms with E-state index in [0.29, 0.717) is 11.3 Å². The number of sulfone groups is 1. The van der Waals surface area contributed by atoms with E-state index < -0.39 is 32.8 Å². The molecule has 0 aliphatic carbocycles. The van der Waals surface area contributed by atoms with Gasteiger partial charge in [-0.25, -0.2) is 17.8 Å². The molecular formula is C23H24ClFN2O5S. The molecule has 1 aromatic heterocycles. The van der Waals surface area contributed by atoms with E-state index in [9.17, 15) is 22.4 Å². The Hall–Kier alpha value is -2.78. The number of rotatable bonds is 3. The summed E-state index contributed by atoms with van der Waals surface area (Å²) in [5.74, 6) is -2.60. The largest absolute Gasteiger partial charge is 0.422 e. The predicted octanol–water partition coefficient (Wildman–Crippen LogP) is 4.51. The van der Waals surface area contributed by atoms with Crippen LogP contribution in [0, 0.1) is 18.2 Å². The Morgan fingerprint density at radius 1 is 1.24 bits per heavy atom. The fraction of sp³-hybridized carbons (Fsp3) is 0.348. The van der Waals surface area contributed by atoms with Crippen molar-refractivity contribution >= 4 is 49.7 Å². The van der Waals surface area contributed by atoms with Gasteiger partial charge in [0.15, 0.2) is 15.6 Å². The van der Waals surface area contributed by atoms with Crippen LogP contribution in [0.5, 0.6) is 0 Å². The predicted molar refractivity (Wildman–Crippen MR) is 124 cm³/mol. The van der Waals surface area contributed by atoms with Gasteiger partial charge in [0.05, 0.1) is 28.1 Å². The minimum atomic E-state index is -4.14. The average Bonchev–Trinajstić information content (AvgIpc) is 2.67. The minimum Gasteiger partial charge on any atom is -0.422 e. The number of esters is 1. The molecular weight excluding hydrogens is 471 g/mol. The van der Waals surface area contributed by atoms with Gasteiger partial charge in [-0.3, -0.25) is 9.59 Å². The molecule has 0 unspecified atom stereocenters. The van der Waals surface area contributed by atoms with Crippen molar-refractivity contribution in [2.45, 2.75) is 40.4 Å². The number of hydrogen-bond donors (Lipinski definition) is 0. The topological polar surface area (TPSA) is 93.6 Å². The van der Waals surface area contributed by atoms with Gasteiger partial charge in [0.2, 0.25) is 5.91 Å². The number of amides is 1. The molecule has 0 N–H and O–H groups in total. The summed E-state index contributed by atoms with van der Waals surface area (Å²) in [6.07, 6.45) is 0.922. The molecule has 1 amide bonds. The number of nitrogens with zero attached hydrogens (tertiary/aromatic N) is 2. The molecule has 1 aliphatic heterocycles. The SMILES string of the molecule is CC(=O)N(C)c1c(C)ccc(C2=C(OC(=O)C(C)(C)C)c3ncc(F)cc3CS2(=O)=O)c1Cl. The maximum absolute atomic E-state index is 13.8. The van der Waals surface area contributed by atoms with Crippen LogP contribution in [0.1, 0.15) is 50.1 Å². The third-order valence-corrected chi connectivity index (χ3v) is 7.29. The van der Waals surface area contributed by atoms with E-state index in [-0.39, 0.29) is 38.4 Å². The second-order valence-corrected chi connectivity index (χ2v) is 11.2. The smallest absolute Gasteiger partial charge is 0.316 e. The second-order valence-electron chi connectivity index (χ2n) is 8.89. The van der Waals surface area contributed by atoms with Gasteiger partial charge in [0.25, 0.3) is 0 Å². The van der Waals surface area contributed by atoms with Crippen LogP contribution in [-0.4, -0.2) is 32.3 Å². The van der Waals surface area contributed by atoms with Crippen LogP contribution in [0.4, 0.5) is 10.1 Å². The van der Waals surface area contributed by atoms with Gasteiger partial charge in [0.1, 0.15) is 16.4 Å². The van der Waals surface area contributed by atoms with E-state index in [1.54, 1.807) is 33.8 Å². The van der Waals surface area contributed by atoms with Crippen molar-refractivity contribution in [1.29, 1.82) is 0 Å². The third-order valence-electron chi connectivity index (χ3n) is 5.19. The van der Waals surface area contributed by atoms with E-state index in [2.05, 4.69) is 4.98 Å². The van der Waals surface area contributed by atoms with Crippen LogP contribution < -0.4 is 4.90 Å². The van der Waals surface area contributed by atoms with E-state index in [1.807, 2.05) is 0 Å². The molecule has 0 fully saturated rings. The number of benzene rings is 1. The zero-order chi connectivity index (χ0) is 24.9. The van der Waals surface area contributed by atoms with Gasteiger partial charge in [0, 0.05) is 19.5 Å². The summed E-state index contributed by atoms with van der Waals surface area (Å²) in [5.41, 5.74) is 0.166. The first-order valence-corrected chi connectivity index (χ1v) is 12.1. The van der Waals surface area contributed by atoms with Crippen molar-refractivity contribution in [1.82, 2.24) is 4.98 Å².